The third kappa shape index (κ3) is 4.93. The molecule has 22 heavy (non-hydrogen) atoms. The van der Waals surface area contributed by atoms with E-state index in [-0.39, 0.29) is 22.2 Å². The van der Waals surface area contributed by atoms with E-state index in [0.29, 0.717) is 17.5 Å². The summed E-state index contributed by atoms with van der Waals surface area (Å²) in [6, 6.07) is 0. The van der Waals surface area contributed by atoms with E-state index in [9.17, 15) is 9.59 Å². The molecular formula is C20H36O2. The minimum atomic E-state index is -0.275. The van der Waals surface area contributed by atoms with Crippen molar-refractivity contribution in [3.63, 3.8) is 0 Å². The standard InChI is InChI=1S/C20H36O2/c1-18(2,3)16(21)15-11-9-14(10-12-15)13-20(7,8)17(22)19(4,5)6/h14-15H,9-13H2,1-8H3. The molecule has 1 aliphatic carbocycles. The maximum Gasteiger partial charge on any atom is 0.143 e. The second kappa shape index (κ2) is 6.45. The molecule has 0 spiro atoms. The summed E-state index contributed by atoms with van der Waals surface area (Å²) >= 11 is 0. The van der Waals surface area contributed by atoms with Crippen LogP contribution in [0.25, 0.3) is 0 Å². The van der Waals surface area contributed by atoms with Crippen LogP contribution in [0.5, 0.6) is 0 Å². The zero-order chi connectivity index (χ0) is 17.3. The summed E-state index contributed by atoms with van der Waals surface area (Å²) in [5.41, 5.74) is -0.758. The molecule has 0 radical (unpaired) electrons. The van der Waals surface area contributed by atoms with E-state index in [1.807, 2.05) is 41.5 Å². The highest BCUT2D eigenvalue weighted by Gasteiger charge is 2.39. The SMILES string of the molecule is CC(C)(C)C(=O)C1CCC(CC(C)(C)C(=O)C(C)(C)C)CC1. The fraction of sp³-hybridized carbons (Fsp3) is 0.900. The zero-order valence-corrected chi connectivity index (χ0v) is 16.0. The summed E-state index contributed by atoms with van der Waals surface area (Å²) in [5.74, 6) is 1.59. The third-order valence-corrected chi connectivity index (χ3v) is 5.05. The summed E-state index contributed by atoms with van der Waals surface area (Å²) in [4.78, 5) is 25.0. The van der Waals surface area contributed by atoms with Gasteiger partial charge in [-0.1, -0.05) is 55.4 Å². The van der Waals surface area contributed by atoms with Crippen molar-refractivity contribution in [1.29, 1.82) is 0 Å². The lowest BCUT2D eigenvalue weighted by molar-refractivity contribution is -0.136. The van der Waals surface area contributed by atoms with Crippen molar-refractivity contribution in [3.05, 3.63) is 0 Å². The molecule has 0 heterocycles. The Labute approximate surface area is 137 Å². The fourth-order valence-electron chi connectivity index (χ4n) is 4.07. The van der Waals surface area contributed by atoms with Crippen LogP contribution in [0.2, 0.25) is 0 Å². The predicted molar refractivity (Wildman–Crippen MR) is 92.8 cm³/mol. The van der Waals surface area contributed by atoms with Gasteiger partial charge in [-0.05, 0) is 38.0 Å². The van der Waals surface area contributed by atoms with Gasteiger partial charge in [0.1, 0.15) is 11.6 Å². The number of rotatable bonds is 4. The molecule has 1 rings (SSSR count). The molecule has 1 saturated carbocycles. The van der Waals surface area contributed by atoms with Crippen LogP contribution in [0.3, 0.4) is 0 Å². The predicted octanol–water partition coefficient (Wildman–Crippen LogP) is 5.44. The molecule has 2 heteroatoms. The first-order valence-electron chi connectivity index (χ1n) is 8.84. The highest BCUT2D eigenvalue weighted by Crippen LogP contribution is 2.41. The van der Waals surface area contributed by atoms with Crippen molar-refractivity contribution in [2.75, 3.05) is 0 Å². The van der Waals surface area contributed by atoms with Gasteiger partial charge in [0.05, 0.1) is 0 Å². The van der Waals surface area contributed by atoms with Gasteiger partial charge < -0.3 is 0 Å². The smallest absolute Gasteiger partial charge is 0.143 e. The van der Waals surface area contributed by atoms with E-state index in [2.05, 4.69) is 13.8 Å². The van der Waals surface area contributed by atoms with Crippen LogP contribution in [-0.4, -0.2) is 11.6 Å². The van der Waals surface area contributed by atoms with Crippen molar-refractivity contribution in [1.82, 2.24) is 0 Å². The number of hydrogen-bond acceptors (Lipinski definition) is 2. The molecule has 0 N–H and O–H groups in total. The average molecular weight is 309 g/mol. The lowest BCUT2D eigenvalue weighted by Crippen LogP contribution is -2.37. The third-order valence-electron chi connectivity index (χ3n) is 5.05. The monoisotopic (exact) mass is 308 g/mol. The van der Waals surface area contributed by atoms with Gasteiger partial charge in [-0.3, -0.25) is 9.59 Å². The Hall–Kier alpha value is -0.660. The lowest BCUT2D eigenvalue weighted by Gasteiger charge is -2.37. The van der Waals surface area contributed by atoms with Crippen LogP contribution >= 0.6 is 0 Å². The van der Waals surface area contributed by atoms with Crippen molar-refractivity contribution in [2.24, 2.45) is 28.1 Å². The number of carbonyl (C=O) groups excluding carboxylic acids is 2. The molecule has 1 fully saturated rings. The van der Waals surface area contributed by atoms with Crippen molar-refractivity contribution in [3.8, 4) is 0 Å². The average Bonchev–Trinajstić information content (AvgIpc) is 2.35. The number of Topliss-reactive ketones (excluding diaryl/α,β-unsaturated/α-hetero) is 2. The van der Waals surface area contributed by atoms with Crippen molar-refractivity contribution < 1.29 is 9.59 Å². The summed E-state index contributed by atoms with van der Waals surface area (Å²) in [6.45, 7) is 16.3. The number of ketones is 2. The maximum absolute atomic E-state index is 12.6. The summed E-state index contributed by atoms with van der Waals surface area (Å²) in [5, 5.41) is 0. The van der Waals surface area contributed by atoms with Gasteiger partial charge >= 0.3 is 0 Å². The maximum atomic E-state index is 12.6. The molecule has 0 unspecified atom stereocenters. The van der Waals surface area contributed by atoms with E-state index >= 15 is 0 Å². The van der Waals surface area contributed by atoms with Gasteiger partial charge in [-0.2, -0.15) is 0 Å². The van der Waals surface area contributed by atoms with Crippen LogP contribution < -0.4 is 0 Å². The van der Waals surface area contributed by atoms with E-state index in [1.165, 1.54) is 0 Å². The summed E-state index contributed by atoms with van der Waals surface area (Å²) in [7, 11) is 0. The van der Waals surface area contributed by atoms with Gasteiger partial charge in [-0.25, -0.2) is 0 Å². The van der Waals surface area contributed by atoms with E-state index < -0.39 is 0 Å². The number of carbonyl (C=O) groups is 2. The van der Waals surface area contributed by atoms with Crippen LogP contribution in [0.4, 0.5) is 0 Å². The van der Waals surface area contributed by atoms with Gasteiger partial charge in [-0.15, -0.1) is 0 Å². The van der Waals surface area contributed by atoms with Gasteiger partial charge in [0.25, 0.3) is 0 Å². The van der Waals surface area contributed by atoms with E-state index in [4.69, 9.17) is 0 Å². The molecule has 2 nitrogen and oxygen atoms in total. The largest absolute Gasteiger partial charge is 0.299 e. The van der Waals surface area contributed by atoms with Crippen LogP contribution in [-0.2, 0) is 9.59 Å². The second-order valence-corrected chi connectivity index (χ2v) is 10.00. The van der Waals surface area contributed by atoms with E-state index in [0.717, 1.165) is 32.1 Å². The van der Waals surface area contributed by atoms with E-state index in [1.54, 1.807) is 0 Å². The highest BCUT2D eigenvalue weighted by molar-refractivity contribution is 5.88. The first kappa shape index (κ1) is 19.4. The Bertz CT molecular complexity index is 410. The van der Waals surface area contributed by atoms with Gasteiger partial charge in [0, 0.05) is 22.2 Å². The minimum absolute atomic E-state index is 0.223. The summed E-state index contributed by atoms with van der Waals surface area (Å²) in [6.07, 6.45) is 5.14. The Balaban J connectivity index is 2.59. The Kier molecular flexibility index (Phi) is 5.69. The molecule has 0 aliphatic heterocycles. The molecule has 1 aliphatic rings. The van der Waals surface area contributed by atoms with Crippen LogP contribution in [0.15, 0.2) is 0 Å². The first-order chi connectivity index (χ1) is 9.75. The minimum Gasteiger partial charge on any atom is -0.299 e. The molecule has 0 saturated heterocycles. The van der Waals surface area contributed by atoms with Crippen molar-refractivity contribution >= 4 is 11.6 Å². The molecule has 0 atom stereocenters. The number of hydrogen-bond donors (Lipinski definition) is 0. The second-order valence-electron chi connectivity index (χ2n) is 10.00. The molecule has 0 aromatic heterocycles. The van der Waals surface area contributed by atoms with Gasteiger partial charge in [0.15, 0.2) is 0 Å². The highest BCUT2D eigenvalue weighted by atomic mass is 16.1. The molecular weight excluding hydrogens is 272 g/mol. The van der Waals surface area contributed by atoms with Crippen LogP contribution in [0, 0.1) is 28.1 Å². The zero-order valence-electron chi connectivity index (χ0n) is 16.0. The first-order valence-corrected chi connectivity index (χ1v) is 8.84. The Morgan fingerprint density at radius 1 is 0.773 bits per heavy atom. The van der Waals surface area contributed by atoms with Gasteiger partial charge in [0.2, 0.25) is 0 Å². The molecule has 128 valence electrons. The summed E-state index contributed by atoms with van der Waals surface area (Å²) < 4.78 is 0. The molecule has 0 aromatic rings. The quantitative estimate of drug-likeness (QED) is 0.693. The topological polar surface area (TPSA) is 34.1 Å². The molecule has 0 amide bonds. The Morgan fingerprint density at radius 3 is 1.59 bits per heavy atom. The molecule has 0 bridgehead atoms. The van der Waals surface area contributed by atoms with Crippen LogP contribution in [0.1, 0.15) is 87.5 Å². The Morgan fingerprint density at radius 2 is 1.23 bits per heavy atom. The molecule has 0 aromatic carbocycles. The van der Waals surface area contributed by atoms with Crippen molar-refractivity contribution in [2.45, 2.75) is 87.5 Å². The normalized spacial score (nSPS) is 24.2. The lowest BCUT2D eigenvalue weighted by atomic mass is 9.66. The fourth-order valence-corrected chi connectivity index (χ4v) is 4.07.